The Morgan fingerprint density at radius 3 is 2.48 bits per heavy atom. The molecular formula is C16H21N3O3S. The summed E-state index contributed by atoms with van der Waals surface area (Å²) in [7, 11) is -4.00. The molecule has 4 rings (SSSR count). The van der Waals surface area contributed by atoms with Gasteiger partial charge >= 0.3 is 0 Å². The van der Waals surface area contributed by atoms with Crippen molar-refractivity contribution in [3.05, 3.63) is 47.5 Å². The van der Waals surface area contributed by atoms with Gasteiger partial charge in [-0.25, -0.2) is 4.98 Å². The Morgan fingerprint density at radius 1 is 1.26 bits per heavy atom. The van der Waals surface area contributed by atoms with E-state index in [0.717, 1.165) is 25.6 Å². The summed E-state index contributed by atoms with van der Waals surface area (Å²) in [6, 6.07) is 7.42. The minimum Gasteiger partial charge on any atom is -0.331 e. The van der Waals surface area contributed by atoms with Crippen LogP contribution >= 0.6 is 0 Å². The first-order valence-electron chi connectivity index (χ1n) is 7.82. The van der Waals surface area contributed by atoms with Gasteiger partial charge in [0.15, 0.2) is 0 Å². The summed E-state index contributed by atoms with van der Waals surface area (Å²) in [5, 5.41) is 3.35. The number of benzene rings is 1. The molecule has 0 saturated heterocycles. The summed E-state index contributed by atoms with van der Waals surface area (Å²) in [5.74, 6) is 2.14. The number of aromatic nitrogens is 2. The van der Waals surface area contributed by atoms with E-state index < -0.39 is 10.1 Å². The number of hydrogen-bond donors (Lipinski definition) is 2. The minimum absolute atomic E-state index is 0.0741. The van der Waals surface area contributed by atoms with Gasteiger partial charge in [-0.05, 0) is 31.9 Å². The van der Waals surface area contributed by atoms with Crippen molar-refractivity contribution in [2.75, 3.05) is 0 Å². The number of fused-ring (bicyclic) bond motifs is 1. The van der Waals surface area contributed by atoms with E-state index in [1.807, 2.05) is 0 Å². The minimum atomic E-state index is -4.00. The second kappa shape index (κ2) is 6.43. The lowest BCUT2D eigenvalue weighted by Gasteiger charge is -2.06. The normalized spacial score (nSPS) is 16.6. The van der Waals surface area contributed by atoms with Gasteiger partial charge in [-0.15, -0.1) is 0 Å². The van der Waals surface area contributed by atoms with Crippen molar-refractivity contribution in [3.8, 4) is 0 Å². The third kappa shape index (κ3) is 3.63. The molecule has 0 bridgehead atoms. The fourth-order valence-corrected chi connectivity index (χ4v) is 3.30. The predicted molar refractivity (Wildman–Crippen MR) is 86.7 cm³/mol. The van der Waals surface area contributed by atoms with E-state index in [4.69, 9.17) is 9.54 Å². The molecule has 2 aliphatic rings. The molecule has 1 fully saturated rings. The van der Waals surface area contributed by atoms with Crippen molar-refractivity contribution in [1.82, 2.24) is 14.9 Å². The summed E-state index contributed by atoms with van der Waals surface area (Å²) in [6.07, 6.45) is 2.70. The molecule has 0 spiro atoms. The maximum Gasteiger partial charge on any atom is 0.294 e. The molecule has 1 saturated carbocycles. The molecule has 1 aromatic heterocycles. The summed E-state index contributed by atoms with van der Waals surface area (Å²) in [4.78, 5) is 4.65. The molecule has 2 N–H and O–H groups in total. The Morgan fingerprint density at radius 2 is 1.96 bits per heavy atom. The summed E-state index contributed by atoms with van der Waals surface area (Å²) >= 11 is 0. The lowest BCUT2D eigenvalue weighted by Crippen LogP contribution is -2.09. The Labute approximate surface area is 136 Å². The standard InChI is InChI=1S/C10H15N3.C6H6O3S/c1-2-13-9-6-11-5-8(9)12-10(13)7-3-4-7;7-10(8,9)6-4-2-1-3-5-6/h7,11H,2-6H2,1H3;1-5H,(H,7,8,9). The monoisotopic (exact) mass is 335 g/mol. The highest BCUT2D eigenvalue weighted by Crippen LogP contribution is 2.40. The molecule has 0 unspecified atom stereocenters. The van der Waals surface area contributed by atoms with Gasteiger partial charge in [0, 0.05) is 25.6 Å². The highest BCUT2D eigenvalue weighted by atomic mass is 32.2. The fraction of sp³-hybridized carbons (Fsp3) is 0.438. The second-order valence-electron chi connectivity index (χ2n) is 5.77. The van der Waals surface area contributed by atoms with Crippen LogP contribution in [0, 0.1) is 0 Å². The molecular weight excluding hydrogens is 314 g/mol. The molecule has 1 aliphatic carbocycles. The van der Waals surface area contributed by atoms with E-state index >= 15 is 0 Å². The largest absolute Gasteiger partial charge is 0.331 e. The van der Waals surface area contributed by atoms with Gasteiger partial charge in [0.2, 0.25) is 0 Å². The molecule has 2 heterocycles. The van der Waals surface area contributed by atoms with E-state index in [2.05, 4.69) is 16.8 Å². The average molecular weight is 335 g/mol. The van der Waals surface area contributed by atoms with Crippen LogP contribution in [0.3, 0.4) is 0 Å². The number of imidazole rings is 1. The Hall–Kier alpha value is -1.70. The van der Waals surface area contributed by atoms with Crippen LogP contribution in [-0.4, -0.2) is 22.5 Å². The van der Waals surface area contributed by atoms with E-state index in [-0.39, 0.29) is 4.90 Å². The maximum atomic E-state index is 10.4. The number of nitrogens with one attached hydrogen (secondary N) is 1. The first kappa shape index (κ1) is 16.2. The first-order valence-corrected chi connectivity index (χ1v) is 9.26. The van der Waals surface area contributed by atoms with Crippen LogP contribution < -0.4 is 5.32 Å². The molecule has 0 atom stereocenters. The van der Waals surface area contributed by atoms with Crippen molar-refractivity contribution in [2.45, 2.75) is 50.2 Å². The zero-order chi connectivity index (χ0) is 16.4. The Kier molecular flexibility index (Phi) is 4.52. The van der Waals surface area contributed by atoms with Crippen LogP contribution in [0.1, 0.15) is 42.9 Å². The van der Waals surface area contributed by atoms with Gasteiger partial charge < -0.3 is 9.88 Å². The molecule has 0 amide bonds. The molecule has 1 aliphatic heterocycles. The fourth-order valence-electron chi connectivity index (χ4n) is 2.79. The number of rotatable bonds is 3. The lowest BCUT2D eigenvalue weighted by atomic mass is 10.3. The molecule has 23 heavy (non-hydrogen) atoms. The van der Waals surface area contributed by atoms with Gasteiger partial charge in [-0.3, -0.25) is 4.55 Å². The van der Waals surface area contributed by atoms with Crippen molar-refractivity contribution in [3.63, 3.8) is 0 Å². The summed E-state index contributed by atoms with van der Waals surface area (Å²) in [5.41, 5.74) is 2.73. The van der Waals surface area contributed by atoms with Crippen molar-refractivity contribution in [2.24, 2.45) is 0 Å². The van der Waals surface area contributed by atoms with Crippen LogP contribution in [0.4, 0.5) is 0 Å². The van der Waals surface area contributed by atoms with Gasteiger partial charge in [0.1, 0.15) is 5.82 Å². The van der Waals surface area contributed by atoms with Crippen LogP contribution in [0.15, 0.2) is 35.2 Å². The second-order valence-corrected chi connectivity index (χ2v) is 7.20. The highest BCUT2D eigenvalue weighted by molar-refractivity contribution is 7.85. The number of nitrogens with zero attached hydrogens (tertiary/aromatic N) is 2. The number of hydrogen-bond acceptors (Lipinski definition) is 4. The van der Waals surface area contributed by atoms with Crippen molar-refractivity contribution in [1.29, 1.82) is 0 Å². The summed E-state index contributed by atoms with van der Waals surface area (Å²) in [6.45, 7) is 5.28. The molecule has 124 valence electrons. The quantitative estimate of drug-likeness (QED) is 0.841. The maximum absolute atomic E-state index is 10.4. The van der Waals surface area contributed by atoms with E-state index in [9.17, 15) is 8.42 Å². The molecule has 1 aromatic carbocycles. The SMILES string of the molecule is CCn1c(C2CC2)nc2c1CNC2.O=S(=O)(O)c1ccccc1. The molecule has 2 aromatic rings. The zero-order valence-corrected chi connectivity index (χ0v) is 13.9. The third-order valence-corrected chi connectivity index (χ3v) is 4.94. The van der Waals surface area contributed by atoms with E-state index in [0.29, 0.717) is 0 Å². The van der Waals surface area contributed by atoms with Gasteiger partial charge in [0.25, 0.3) is 10.1 Å². The van der Waals surface area contributed by atoms with Crippen molar-refractivity contribution >= 4 is 10.1 Å². The molecule has 0 radical (unpaired) electrons. The Balaban J connectivity index is 0.000000142. The first-order chi connectivity index (χ1) is 11.0. The van der Waals surface area contributed by atoms with Crippen LogP contribution in [0.5, 0.6) is 0 Å². The highest BCUT2D eigenvalue weighted by Gasteiger charge is 2.31. The van der Waals surface area contributed by atoms with Gasteiger partial charge in [-0.1, -0.05) is 18.2 Å². The van der Waals surface area contributed by atoms with Crippen LogP contribution in [-0.2, 0) is 29.8 Å². The van der Waals surface area contributed by atoms with Gasteiger partial charge in [0.05, 0.1) is 16.3 Å². The van der Waals surface area contributed by atoms with Crippen LogP contribution in [0.25, 0.3) is 0 Å². The van der Waals surface area contributed by atoms with E-state index in [1.54, 1.807) is 18.2 Å². The lowest BCUT2D eigenvalue weighted by molar-refractivity contribution is 0.483. The van der Waals surface area contributed by atoms with E-state index in [1.165, 1.54) is 42.2 Å². The third-order valence-electron chi connectivity index (χ3n) is 4.07. The smallest absolute Gasteiger partial charge is 0.294 e. The average Bonchev–Trinajstić information content (AvgIpc) is 3.17. The zero-order valence-electron chi connectivity index (χ0n) is 13.1. The topological polar surface area (TPSA) is 84.2 Å². The van der Waals surface area contributed by atoms with Crippen LogP contribution in [0.2, 0.25) is 0 Å². The predicted octanol–water partition coefficient (Wildman–Crippen LogP) is 2.32. The molecule has 6 nitrogen and oxygen atoms in total. The molecule has 7 heteroatoms. The Bertz CT molecular complexity index is 780. The summed E-state index contributed by atoms with van der Waals surface area (Å²) < 4.78 is 31.6. The van der Waals surface area contributed by atoms with Gasteiger partial charge in [-0.2, -0.15) is 8.42 Å². The van der Waals surface area contributed by atoms with Crippen molar-refractivity contribution < 1.29 is 13.0 Å².